The SMILES string of the molecule is Cc1ccc(CC(=O)Nc2nnc(Cc3ccccc3)o2)c(C)c1. The molecule has 3 aromatic rings. The summed E-state index contributed by atoms with van der Waals surface area (Å²) in [5.74, 6) is 0.305. The number of aryl methyl sites for hydroxylation is 2. The molecule has 2 aromatic carbocycles. The first-order valence-electron chi connectivity index (χ1n) is 7.82. The number of rotatable bonds is 5. The Bertz CT molecular complexity index is 841. The summed E-state index contributed by atoms with van der Waals surface area (Å²) in [5.41, 5.74) is 4.34. The molecule has 1 heterocycles. The molecule has 0 radical (unpaired) electrons. The highest BCUT2D eigenvalue weighted by Gasteiger charge is 2.12. The highest BCUT2D eigenvalue weighted by molar-refractivity contribution is 5.90. The minimum absolute atomic E-state index is 0.135. The van der Waals surface area contributed by atoms with E-state index in [9.17, 15) is 4.79 Å². The van der Waals surface area contributed by atoms with Gasteiger partial charge in [0, 0.05) is 0 Å². The van der Waals surface area contributed by atoms with E-state index in [0.29, 0.717) is 12.3 Å². The first-order chi connectivity index (χ1) is 11.6. The van der Waals surface area contributed by atoms with E-state index >= 15 is 0 Å². The fourth-order valence-corrected chi connectivity index (χ4v) is 2.53. The number of carbonyl (C=O) groups excluding carboxylic acids is 1. The molecular formula is C19H19N3O2. The van der Waals surface area contributed by atoms with Crippen LogP contribution in [0.1, 0.15) is 28.1 Å². The van der Waals surface area contributed by atoms with Crippen LogP contribution in [0.2, 0.25) is 0 Å². The fourth-order valence-electron chi connectivity index (χ4n) is 2.53. The van der Waals surface area contributed by atoms with Crippen molar-refractivity contribution in [2.45, 2.75) is 26.7 Å². The van der Waals surface area contributed by atoms with Crippen molar-refractivity contribution < 1.29 is 9.21 Å². The van der Waals surface area contributed by atoms with Gasteiger partial charge in [0.15, 0.2) is 0 Å². The maximum atomic E-state index is 12.1. The highest BCUT2D eigenvalue weighted by Crippen LogP contribution is 2.14. The molecule has 122 valence electrons. The van der Waals surface area contributed by atoms with Crippen molar-refractivity contribution in [3.8, 4) is 0 Å². The molecule has 0 atom stereocenters. The van der Waals surface area contributed by atoms with E-state index in [4.69, 9.17) is 4.42 Å². The van der Waals surface area contributed by atoms with Gasteiger partial charge >= 0.3 is 6.01 Å². The van der Waals surface area contributed by atoms with Crippen LogP contribution in [0.4, 0.5) is 6.01 Å². The third kappa shape index (κ3) is 4.07. The Hall–Kier alpha value is -2.95. The molecule has 0 spiro atoms. The zero-order valence-electron chi connectivity index (χ0n) is 13.7. The molecule has 0 aliphatic carbocycles. The van der Waals surface area contributed by atoms with Crippen molar-refractivity contribution in [3.05, 3.63) is 76.7 Å². The van der Waals surface area contributed by atoms with Crippen LogP contribution < -0.4 is 5.32 Å². The molecule has 5 heteroatoms. The lowest BCUT2D eigenvalue weighted by molar-refractivity contribution is -0.115. The second kappa shape index (κ2) is 7.08. The van der Waals surface area contributed by atoms with Crippen LogP contribution in [0.15, 0.2) is 52.9 Å². The Kier molecular flexibility index (Phi) is 4.70. The highest BCUT2D eigenvalue weighted by atomic mass is 16.4. The monoisotopic (exact) mass is 321 g/mol. The first kappa shape index (κ1) is 15.9. The second-order valence-corrected chi connectivity index (χ2v) is 5.82. The van der Waals surface area contributed by atoms with Crippen LogP contribution in [0.5, 0.6) is 0 Å². The molecule has 0 fully saturated rings. The van der Waals surface area contributed by atoms with Gasteiger partial charge in [0.1, 0.15) is 0 Å². The van der Waals surface area contributed by atoms with Gasteiger partial charge in [0.2, 0.25) is 11.8 Å². The molecule has 0 aliphatic rings. The van der Waals surface area contributed by atoms with Crippen LogP contribution in [-0.4, -0.2) is 16.1 Å². The van der Waals surface area contributed by atoms with Gasteiger partial charge in [-0.1, -0.05) is 59.2 Å². The van der Waals surface area contributed by atoms with Gasteiger partial charge in [0.25, 0.3) is 0 Å². The van der Waals surface area contributed by atoms with Gasteiger partial charge in [-0.2, -0.15) is 0 Å². The van der Waals surface area contributed by atoms with Crippen molar-refractivity contribution in [3.63, 3.8) is 0 Å². The number of hydrogen-bond acceptors (Lipinski definition) is 4. The van der Waals surface area contributed by atoms with Crippen molar-refractivity contribution in [1.82, 2.24) is 10.2 Å². The third-order valence-corrected chi connectivity index (χ3v) is 3.76. The van der Waals surface area contributed by atoms with Gasteiger partial charge in [-0.25, -0.2) is 0 Å². The van der Waals surface area contributed by atoms with Crippen molar-refractivity contribution in [2.75, 3.05) is 5.32 Å². The smallest absolute Gasteiger partial charge is 0.322 e. The van der Waals surface area contributed by atoms with Crippen LogP contribution in [-0.2, 0) is 17.6 Å². The lowest BCUT2D eigenvalue weighted by Gasteiger charge is -2.06. The molecule has 1 amide bonds. The van der Waals surface area contributed by atoms with Crippen LogP contribution in [0, 0.1) is 13.8 Å². The Morgan fingerprint density at radius 3 is 2.62 bits per heavy atom. The summed E-state index contributed by atoms with van der Waals surface area (Å²) in [6.07, 6.45) is 0.823. The number of hydrogen-bond donors (Lipinski definition) is 1. The van der Waals surface area contributed by atoms with E-state index in [2.05, 4.69) is 21.6 Å². The molecule has 1 N–H and O–H groups in total. The minimum atomic E-state index is -0.170. The summed E-state index contributed by atoms with van der Waals surface area (Å²) in [6.45, 7) is 4.03. The molecule has 0 saturated heterocycles. The largest absolute Gasteiger partial charge is 0.407 e. The van der Waals surface area contributed by atoms with Gasteiger partial charge in [-0.3, -0.25) is 10.1 Å². The molecule has 0 unspecified atom stereocenters. The van der Waals surface area contributed by atoms with Crippen molar-refractivity contribution >= 4 is 11.9 Å². The number of carbonyl (C=O) groups is 1. The molecule has 1 aromatic heterocycles. The Labute approximate surface area is 140 Å². The maximum absolute atomic E-state index is 12.1. The fraction of sp³-hybridized carbons (Fsp3) is 0.211. The van der Waals surface area contributed by atoms with E-state index in [1.807, 2.05) is 56.3 Å². The zero-order valence-corrected chi connectivity index (χ0v) is 13.7. The number of nitrogens with zero attached hydrogens (tertiary/aromatic N) is 2. The van der Waals surface area contributed by atoms with E-state index in [0.717, 1.165) is 16.7 Å². The van der Waals surface area contributed by atoms with Crippen molar-refractivity contribution in [2.24, 2.45) is 0 Å². The lowest BCUT2D eigenvalue weighted by Crippen LogP contribution is -2.15. The minimum Gasteiger partial charge on any atom is -0.407 e. The number of benzene rings is 2. The normalized spacial score (nSPS) is 10.6. The number of anilines is 1. The van der Waals surface area contributed by atoms with E-state index in [1.54, 1.807) is 0 Å². The van der Waals surface area contributed by atoms with E-state index < -0.39 is 0 Å². The predicted octanol–water partition coefficient (Wildman–Crippen LogP) is 3.46. The predicted molar refractivity (Wildman–Crippen MR) is 91.8 cm³/mol. The van der Waals surface area contributed by atoms with Gasteiger partial charge in [-0.05, 0) is 30.5 Å². The van der Waals surface area contributed by atoms with E-state index in [-0.39, 0.29) is 18.3 Å². The Morgan fingerprint density at radius 1 is 1.08 bits per heavy atom. The zero-order chi connectivity index (χ0) is 16.9. The van der Waals surface area contributed by atoms with Crippen molar-refractivity contribution in [1.29, 1.82) is 0 Å². The van der Waals surface area contributed by atoms with Crippen LogP contribution in [0.3, 0.4) is 0 Å². The summed E-state index contributed by atoms with van der Waals surface area (Å²) in [5, 5.41) is 10.5. The molecule has 5 nitrogen and oxygen atoms in total. The molecule has 0 saturated carbocycles. The Balaban J connectivity index is 1.61. The third-order valence-electron chi connectivity index (χ3n) is 3.76. The van der Waals surface area contributed by atoms with Gasteiger partial charge in [-0.15, -0.1) is 5.10 Å². The number of amides is 1. The van der Waals surface area contributed by atoms with Gasteiger partial charge < -0.3 is 4.42 Å². The van der Waals surface area contributed by atoms with E-state index in [1.165, 1.54) is 5.56 Å². The molecule has 0 aliphatic heterocycles. The topological polar surface area (TPSA) is 68.0 Å². The molecule has 0 bridgehead atoms. The summed E-state index contributed by atoms with van der Waals surface area (Å²) in [7, 11) is 0. The summed E-state index contributed by atoms with van der Waals surface area (Å²) < 4.78 is 5.49. The standard InChI is InChI=1S/C19H19N3O2/c1-13-8-9-16(14(2)10-13)12-17(23)20-19-22-21-18(24-19)11-15-6-4-3-5-7-15/h3-10H,11-12H2,1-2H3,(H,20,22,23). The first-order valence-corrected chi connectivity index (χ1v) is 7.82. The summed E-state index contributed by atoms with van der Waals surface area (Å²) >= 11 is 0. The molecule has 24 heavy (non-hydrogen) atoms. The van der Waals surface area contributed by atoms with Crippen LogP contribution in [0.25, 0.3) is 0 Å². The maximum Gasteiger partial charge on any atom is 0.322 e. The average molecular weight is 321 g/mol. The lowest BCUT2D eigenvalue weighted by atomic mass is 10.0. The number of nitrogens with one attached hydrogen (secondary N) is 1. The Morgan fingerprint density at radius 2 is 1.88 bits per heavy atom. The number of aromatic nitrogens is 2. The quantitative estimate of drug-likeness (QED) is 0.781. The van der Waals surface area contributed by atoms with Gasteiger partial charge in [0.05, 0.1) is 12.8 Å². The van der Waals surface area contributed by atoms with Crippen LogP contribution >= 0.6 is 0 Å². The summed E-state index contributed by atoms with van der Waals surface area (Å²) in [4.78, 5) is 12.1. The summed E-state index contributed by atoms with van der Waals surface area (Å²) in [6, 6.07) is 16.0. The average Bonchev–Trinajstić information content (AvgIpc) is 2.98. The second-order valence-electron chi connectivity index (χ2n) is 5.82. The molecule has 3 rings (SSSR count). The molecular weight excluding hydrogens is 302 g/mol.